The van der Waals surface area contributed by atoms with Crippen molar-refractivity contribution in [3.05, 3.63) is 33.5 Å². The summed E-state index contributed by atoms with van der Waals surface area (Å²) in [7, 11) is 2.08. The highest BCUT2D eigenvalue weighted by molar-refractivity contribution is 7.09. The van der Waals surface area contributed by atoms with E-state index in [-0.39, 0.29) is 0 Å². The lowest BCUT2D eigenvalue weighted by atomic mass is 10.0. The molecule has 26 heavy (non-hydrogen) atoms. The molecule has 4 rings (SSSR count). The van der Waals surface area contributed by atoms with Gasteiger partial charge in [-0.25, -0.2) is 15.0 Å². The van der Waals surface area contributed by atoms with Gasteiger partial charge in [-0.1, -0.05) is 24.4 Å². The minimum atomic E-state index is 0.483. The molecule has 1 aliphatic heterocycles. The van der Waals surface area contributed by atoms with E-state index in [0.717, 1.165) is 44.3 Å². The Labute approximate surface area is 164 Å². The molecule has 3 heterocycles. The van der Waals surface area contributed by atoms with E-state index in [4.69, 9.17) is 16.6 Å². The maximum Gasteiger partial charge on any atom is 0.225 e. The van der Waals surface area contributed by atoms with E-state index in [1.807, 2.05) is 11.3 Å². The first-order valence-electron chi connectivity index (χ1n) is 9.56. The summed E-state index contributed by atoms with van der Waals surface area (Å²) in [5, 5.41) is 4.22. The van der Waals surface area contributed by atoms with Crippen molar-refractivity contribution in [1.29, 1.82) is 0 Å². The zero-order chi connectivity index (χ0) is 17.9. The number of piperidine rings is 1. The number of hydrogen-bond donors (Lipinski definition) is 0. The summed E-state index contributed by atoms with van der Waals surface area (Å²) in [6.45, 7) is 3.18. The van der Waals surface area contributed by atoms with Gasteiger partial charge in [0.05, 0.1) is 28.1 Å². The van der Waals surface area contributed by atoms with E-state index in [1.54, 1.807) is 12.4 Å². The largest absolute Gasteiger partial charge is 0.341 e. The van der Waals surface area contributed by atoms with Crippen LogP contribution in [0.15, 0.2) is 17.8 Å². The lowest BCUT2D eigenvalue weighted by Crippen LogP contribution is -2.43. The molecule has 1 saturated heterocycles. The number of nitrogens with zero attached hydrogens (tertiary/aromatic N) is 5. The van der Waals surface area contributed by atoms with E-state index < -0.39 is 0 Å². The third-order valence-corrected chi connectivity index (χ3v) is 6.94. The number of aromatic nitrogens is 3. The normalized spacial score (nSPS) is 19.9. The van der Waals surface area contributed by atoms with Crippen LogP contribution in [-0.2, 0) is 6.54 Å². The van der Waals surface area contributed by atoms with Crippen molar-refractivity contribution in [2.24, 2.45) is 0 Å². The lowest BCUT2D eigenvalue weighted by molar-refractivity contribution is 0.201. The molecule has 0 unspecified atom stereocenters. The summed E-state index contributed by atoms with van der Waals surface area (Å²) in [4.78, 5) is 18.3. The molecule has 0 spiro atoms. The van der Waals surface area contributed by atoms with Gasteiger partial charge >= 0.3 is 0 Å². The molecule has 0 bridgehead atoms. The Kier molecular flexibility index (Phi) is 5.72. The molecule has 2 aromatic rings. The van der Waals surface area contributed by atoms with Crippen LogP contribution >= 0.6 is 22.9 Å². The Morgan fingerprint density at radius 1 is 1.15 bits per heavy atom. The van der Waals surface area contributed by atoms with Crippen molar-refractivity contribution in [1.82, 2.24) is 19.9 Å². The fourth-order valence-electron chi connectivity index (χ4n) is 4.10. The molecule has 2 fully saturated rings. The molecule has 0 radical (unpaired) electrons. The fourth-order valence-corrected chi connectivity index (χ4v) is 5.18. The van der Waals surface area contributed by atoms with Crippen LogP contribution in [0.5, 0.6) is 0 Å². The van der Waals surface area contributed by atoms with Gasteiger partial charge in [-0.15, -0.1) is 11.3 Å². The predicted molar refractivity (Wildman–Crippen MR) is 107 cm³/mol. The van der Waals surface area contributed by atoms with Crippen LogP contribution in [0.1, 0.15) is 55.1 Å². The second kappa shape index (κ2) is 8.19. The highest BCUT2D eigenvalue weighted by Crippen LogP contribution is 2.35. The second-order valence-corrected chi connectivity index (χ2v) is 8.80. The molecule has 5 nitrogen and oxygen atoms in total. The minimum Gasteiger partial charge on any atom is -0.341 e. The Morgan fingerprint density at radius 3 is 2.54 bits per heavy atom. The first kappa shape index (κ1) is 18.1. The van der Waals surface area contributed by atoms with Crippen LogP contribution in [0.4, 0.5) is 5.95 Å². The Balaban J connectivity index is 1.29. The summed E-state index contributed by atoms with van der Waals surface area (Å²) in [5.41, 5.74) is 1.25. The molecule has 7 heteroatoms. The van der Waals surface area contributed by atoms with Gasteiger partial charge < -0.3 is 4.90 Å². The summed E-state index contributed by atoms with van der Waals surface area (Å²) in [5.74, 6) is 1.49. The van der Waals surface area contributed by atoms with Crippen molar-refractivity contribution in [2.75, 3.05) is 25.0 Å². The Hall–Kier alpha value is -1.24. The molecule has 0 amide bonds. The van der Waals surface area contributed by atoms with Crippen molar-refractivity contribution in [3.63, 3.8) is 0 Å². The first-order valence-corrected chi connectivity index (χ1v) is 10.8. The zero-order valence-electron chi connectivity index (χ0n) is 15.3. The van der Waals surface area contributed by atoms with Gasteiger partial charge in [-0.2, -0.15) is 0 Å². The average molecular weight is 392 g/mol. The van der Waals surface area contributed by atoms with Gasteiger partial charge in [0, 0.05) is 44.0 Å². The molecular formula is C19H26ClN5S. The van der Waals surface area contributed by atoms with Crippen LogP contribution < -0.4 is 4.90 Å². The number of thiazole rings is 1. The lowest BCUT2D eigenvalue weighted by Gasteiger charge is -2.36. The maximum absolute atomic E-state index is 5.89. The molecule has 2 aromatic heterocycles. The topological polar surface area (TPSA) is 45.2 Å². The molecule has 2 aliphatic rings. The third-order valence-electron chi connectivity index (χ3n) is 5.69. The number of rotatable bonds is 5. The van der Waals surface area contributed by atoms with E-state index in [2.05, 4.69) is 32.2 Å². The smallest absolute Gasteiger partial charge is 0.225 e. The number of halogens is 1. The number of anilines is 1. The predicted octanol–water partition coefficient (Wildman–Crippen LogP) is 4.34. The molecular weight excluding hydrogens is 366 g/mol. The minimum absolute atomic E-state index is 0.483. The highest BCUT2D eigenvalue weighted by Gasteiger charge is 2.25. The van der Waals surface area contributed by atoms with Gasteiger partial charge in [0.15, 0.2) is 0 Å². The molecule has 0 aromatic carbocycles. The number of hydrogen-bond acceptors (Lipinski definition) is 6. The Bertz CT molecular complexity index is 705. The van der Waals surface area contributed by atoms with Gasteiger partial charge in [-0.3, -0.25) is 4.90 Å². The van der Waals surface area contributed by atoms with E-state index >= 15 is 0 Å². The number of likely N-dealkylation sites (tertiary alicyclic amines) is 1. The zero-order valence-corrected chi connectivity index (χ0v) is 16.8. The highest BCUT2D eigenvalue weighted by atomic mass is 35.5. The van der Waals surface area contributed by atoms with Crippen LogP contribution in [0.3, 0.4) is 0 Å². The van der Waals surface area contributed by atoms with Crippen molar-refractivity contribution >= 4 is 28.9 Å². The van der Waals surface area contributed by atoms with E-state index in [1.165, 1.54) is 36.4 Å². The summed E-state index contributed by atoms with van der Waals surface area (Å²) < 4.78 is 0. The van der Waals surface area contributed by atoms with Gasteiger partial charge in [0.2, 0.25) is 5.95 Å². The summed E-state index contributed by atoms with van der Waals surface area (Å²) >= 11 is 7.75. The van der Waals surface area contributed by atoms with Crippen LogP contribution in [0.2, 0.25) is 5.02 Å². The third kappa shape index (κ3) is 4.18. The van der Waals surface area contributed by atoms with E-state index in [9.17, 15) is 0 Å². The van der Waals surface area contributed by atoms with Crippen LogP contribution in [0, 0.1) is 0 Å². The first-order chi connectivity index (χ1) is 12.7. The van der Waals surface area contributed by atoms with Crippen molar-refractivity contribution in [2.45, 2.75) is 57.0 Å². The quantitative estimate of drug-likeness (QED) is 0.758. The Morgan fingerprint density at radius 2 is 1.85 bits per heavy atom. The van der Waals surface area contributed by atoms with Crippen LogP contribution in [-0.4, -0.2) is 46.0 Å². The molecule has 140 valence electrons. The average Bonchev–Trinajstić information content (AvgIpc) is 3.34. The van der Waals surface area contributed by atoms with Crippen molar-refractivity contribution < 1.29 is 0 Å². The summed E-state index contributed by atoms with van der Waals surface area (Å²) in [6, 6.07) is 0.483. The molecule has 1 saturated carbocycles. The molecule has 1 aliphatic carbocycles. The summed E-state index contributed by atoms with van der Waals surface area (Å²) in [6.07, 6.45) is 11.0. The van der Waals surface area contributed by atoms with Gasteiger partial charge in [0.1, 0.15) is 0 Å². The second-order valence-electron chi connectivity index (χ2n) is 7.48. The maximum atomic E-state index is 5.89. The molecule has 0 N–H and O–H groups in total. The SMILES string of the molecule is CN(c1ncc(Cl)cn1)C1CCN(Cc2csc(C3CCCC3)n2)CC1. The monoisotopic (exact) mass is 391 g/mol. The van der Waals surface area contributed by atoms with E-state index in [0.29, 0.717) is 11.1 Å². The standard InChI is InChI=1S/C19H26ClN5S/c1-24(19-21-10-15(20)11-22-19)17-6-8-25(9-7-17)12-16-13-26-18(23-16)14-4-2-3-5-14/h10-11,13-14,17H,2-9,12H2,1H3. The molecule has 0 atom stereocenters. The fraction of sp³-hybridized carbons (Fsp3) is 0.632. The van der Waals surface area contributed by atoms with Crippen molar-refractivity contribution in [3.8, 4) is 0 Å². The van der Waals surface area contributed by atoms with Gasteiger partial charge in [0.25, 0.3) is 0 Å². The van der Waals surface area contributed by atoms with Crippen LogP contribution in [0.25, 0.3) is 0 Å². The van der Waals surface area contributed by atoms with Gasteiger partial charge in [-0.05, 0) is 25.7 Å².